The molecule has 0 amide bonds. The maximum atomic E-state index is 13.4. The number of halogens is 1. The van der Waals surface area contributed by atoms with Gasteiger partial charge >= 0.3 is 5.97 Å². The van der Waals surface area contributed by atoms with Crippen LogP contribution in [0.2, 0.25) is 0 Å². The Morgan fingerprint density at radius 2 is 2.26 bits per heavy atom. The molecule has 0 saturated carbocycles. The molecule has 0 saturated heterocycles. The summed E-state index contributed by atoms with van der Waals surface area (Å²) in [6.07, 6.45) is 5.11. The quantitative estimate of drug-likeness (QED) is 0.497. The van der Waals surface area contributed by atoms with E-state index < -0.39 is 28.9 Å². The number of terminal acetylenes is 1. The van der Waals surface area contributed by atoms with Crippen molar-refractivity contribution in [2.24, 2.45) is 0 Å². The van der Waals surface area contributed by atoms with Crippen molar-refractivity contribution < 1.29 is 19.2 Å². The summed E-state index contributed by atoms with van der Waals surface area (Å²) < 4.78 is 13.4. The van der Waals surface area contributed by atoms with E-state index in [2.05, 4.69) is 5.92 Å². The lowest BCUT2D eigenvalue weighted by molar-refractivity contribution is -0.384. The summed E-state index contributed by atoms with van der Waals surface area (Å²) in [7, 11) is 0. The number of anilines is 1. The van der Waals surface area contributed by atoms with Crippen LogP contribution in [-0.2, 0) is 4.79 Å². The predicted octanol–water partition coefficient (Wildman–Crippen LogP) is 1.57. The molecule has 0 unspecified atom stereocenters. The molecule has 0 aliphatic heterocycles. The molecule has 0 heterocycles. The fraction of sp³-hybridized carbons (Fsp3) is 0.250. The van der Waals surface area contributed by atoms with Gasteiger partial charge in [-0.25, -0.2) is 4.39 Å². The molecule has 6 nitrogen and oxygen atoms in total. The number of carboxylic acid groups (broad SMARTS) is 1. The van der Waals surface area contributed by atoms with Crippen LogP contribution in [0.15, 0.2) is 12.1 Å². The predicted molar refractivity (Wildman–Crippen MR) is 66.5 cm³/mol. The highest BCUT2D eigenvalue weighted by Crippen LogP contribution is 2.30. The van der Waals surface area contributed by atoms with Crippen molar-refractivity contribution >= 4 is 17.3 Å². The monoisotopic (exact) mass is 266 g/mol. The van der Waals surface area contributed by atoms with Gasteiger partial charge in [0.25, 0.3) is 5.69 Å². The number of nitro groups is 1. The van der Waals surface area contributed by atoms with Crippen molar-refractivity contribution in [2.45, 2.75) is 6.92 Å². The summed E-state index contributed by atoms with van der Waals surface area (Å²) in [5.74, 6) is 0.300. The lowest BCUT2D eigenvalue weighted by Gasteiger charge is -2.20. The van der Waals surface area contributed by atoms with E-state index in [9.17, 15) is 19.3 Å². The van der Waals surface area contributed by atoms with Crippen molar-refractivity contribution in [3.8, 4) is 12.3 Å². The second kappa shape index (κ2) is 5.82. The standard InChI is InChI=1S/C12H11FN2O4/c1-3-4-14(7-12(16)17)10-5-8(2)9(13)6-11(10)15(18)19/h1,5-6H,4,7H2,2H3,(H,16,17). The minimum absolute atomic E-state index is 0.00995. The molecule has 0 aromatic heterocycles. The van der Waals surface area contributed by atoms with Crippen LogP contribution >= 0.6 is 0 Å². The molecule has 100 valence electrons. The third-order valence-corrected chi connectivity index (χ3v) is 2.40. The second-order valence-electron chi connectivity index (χ2n) is 3.80. The minimum atomic E-state index is -1.19. The number of nitrogens with zero attached hydrogens (tertiary/aromatic N) is 2. The van der Waals surface area contributed by atoms with Crippen LogP contribution in [-0.4, -0.2) is 29.1 Å². The number of hydrogen-bond acceptors (Lipinski definition) is 4. The number of benzene rings is 1. The van der Waals surface area contributed by atoms with Gasteiger partial charge in [-0.2, -0.15) is 0 Å². The molecular weight excluding hydrogens is 255 g/mol. The Kier molecular flexibility index (Phi) is 4.42. The van der Waals surface area contributed by atoms with Crippen LogP contribution in [0.1, 0.15) is 5.56 Å². The molecule has 0 spiro atoms. The van der Waals surface area contributed by atoms with Crippen molar-refractivity contribution in [3.05, 3.63) is 33.6 Å². The van der Waals surface area contributed by atoms with E-state index in [0.717, 1.165) is 11.0 Å². The van der Waals surface area contributed by atoms with Crippen LogP contribution < -0.4 is 4.90 Å². The highest BCUT2D eigenvalue weighted by Gasteiger charge is 2.22. The van der Waals surface area contributed by atoms with Gasteiger partial charge in [-0.3, -0.25) is 14.9 Å². The minimum Gasteiger partial charge on any atom is -0.480 e. The van der Waals surface area contributed by atoms with E-state index >= 15 is 0 Å². The lowest BCUT2D eigenvalue weighted by atomic mass is 10.1. The fourth-order valence-electron chi connectivity index (χ4n) is 1.56. The van der Waals surface area contributed by atoms with Gasteiger partial charge < -0.3 is 10.0 Å². The van der Waals surface area contributed by atoms with Crippen LogP contribution in [0.5, 0.6) is 0 Å². The number of nitro benzene ring substituents is 1. The summed E-state index contributed by atoms with van der Waals surface area (Å²) in [5, 5.41) is 19.7. The van der Waals surface area contributed by atoms with Crippen LogP contribution in [0, 0.1) is 35.2 Å². The van der Waals surface area contributed by atoms with Crippen LogP contribution in [0.4, 0.5) is 15.8 Å². The van der Waals surface area contributed by atoms with E-state index in [4.69, 9.17) is 11.5 Å². The lowest BCUT2D eigenvalue weighted by Crippen LogP contribution is -2.30. The first-order chi connectivity index (χ1) is 8.86. The number of hydrogen-bond donors (Lipinski definition) is 1. The first-order valence-corrected chi connectivity index (χ1v) is 5.21. The number of carboxylic acids is 1. The first kappa shape index (κ1) is 14.4. The van der Waals surface area contributed by atoms with E-state index in [1.54, 1.807) is 0 Å². The fourth-order valence-corrected chi connectivity index (χ4v) is 1.56. The topological polar surface area (TPSA) is 83.7 Å². The molecule has 0 radical (unpaired) electrons. The van der Waals surface area contributed by atoms with Gasteiger partial charge in [-0.15, -0.1) is 6.42 Å². The number of aryl methyl sites for hydroxylation is 1. The molecule has 0 fully saturated rings. The molecule has 1 N–H and O–H groups in total. The third-order valence-electron chi connectivity index (χ3n) is 2.40. The molecule has 1 rings (SSSR count). The van der Waals surface area contributed by atoms with Gasteiger partial charge in [0.1, 0.15) is 18.0 Å². The van der Waals surface area contributed by atoms with Gasteiger partial charge in [0.05, 0.1) is 17.5 Å². The Bertz CT molecular complexity index is 566. The van der Waals surface area contributed by atoms with Gasteiger partial charge in [-0.05, 0) is 18.6 Å². The van der Waals surface area contributed by atoms with E-state index in [1.807, 2.05) is 0 Å². The summed E-state index contributed by atoms with van der Waals surface area (Å²) in [4.78, 5) is 22.0. The second-order valence-corrected chi connectivity index (χ2v) is 3.80. The average molecular weight is 266 g/mol. The van der Waals surface area contributed by atoms with E-state index in [-0.39, 0.29) is 17.8 Å². The molecule has 0 aliphatic carbocycles. The summed E-state index contributed by atoms with van der Waals surface area (Å²) >= 11 is 0. The highest BCUT2D eigenvalue weighted by molar-refractivity contribution is 5.76. The van der Waals surface area contributed by atoms with Gasteiger partial charge in [0.2, 0.25) is 0 Å². The van der Waals surface area contributed by atoms with E-state index in [0.29, 0.717) is 0 Å². The summed E-state index contributed by atoms with van der Waals surface area (Å²) in [5.41, 5.74) is -0.350. The van der Waals surface area contributed by atoms with Crippen molar-refractivity contribution in [1.82, 2.24) is 0 Å². The molecular formula is C12H11FN2O4. The molecule has 1 aromatic carbocycles. The maximum absolute atomic E-state index is 13.4. The Hall–Kier alpha value is -2.62. The van der Waals surface area contributed by atoms with Crippen molar-refractivity contribution in [3.63, 3.8) is 0 Å². The largest absolute Gasteiger partial charge is 0.480 e. The van der Waals surface area contributed by atoms with Gasteiger partial charge in [-0.1, -0.05) is 5.92 Å². The van der Waals surface area contributed by atoms with Crippen molar-refractivity contribution in [1.29, 1.82) is 0 Å². The zero-order valence-corrected chi connectivity index (χ0v) is 10.1. The van der Waals surface area contributed by atoms with Crippen molar-refractivity contribution in [2.75, 3.05) is 18.0 Å². The normalized spacial score (nSPS) is 9.74. The molecule has 19 heavy (non-hydrogen) atoms. The molecule has 1 aromatic rings. The SMILES string of the molecule is C#CCN(CC(=O)O)c1cc(C)c(F)cc1[N+](=O)[O-]. The zero-order valence-electron chi connectivity index (χ0n) is 10.1. The Morgan fingerprint density at radius 3 is 2.74 bits per heavy atom. The average Bonchev–Trinajstić information content (AvgIpc) is 2.30. The van der Waals surface area contributed by atoms with Gasteiger partial charge in [0, 0.05) is 0 Å². The smallest absolute Gasteiger partial charge is 0.323 e. The van der Waals surface area contributed by atoms with Gasteiger partial charge in [0.15, 0.2) is 0 Å². The Balaban J connectivity index is 3.35. The van der Waals surface area contributed by atoms with Crippen LogP contribution in [0.25, 0.3) is 0 Å². The first-order valence-electron chi connectivity index (χ1n) is 5.21. The zero-order chi connectivity index (χ0) is 14.6. The molecule has 0 aliphatic rings. The maximum Gasteiger partial charge on any atom is 0.323 e. The Morgan fingerprint density at radius 1 is 1.63 bits per heavy atom. The third kappa shape index (κ3) is 3.42. The molecule has 0 atom stereocenters. The Labute approximate surface area is 108 Å². The summed E-state index contributed by atoms with van der Waals surface area (Å²) in [6.45, 7) is 0.797. The number of carbonyl (C=O) groups is 1. The molecule has 0 bridgehead atoms. The highest BCUT2D eigenvalue weighted by atomic mass is 19.1. The van der Waals surface area contributed by atoms with Crippen LogP contribution in [0.3, 0.4) is 0 Å². The molecule has 7 heteroatoms. The van der Waals surface area contributed by atoms with E-state index in [1.165, 1.54) is 13.0 Å². The number of aliphatic carboxylic acids is 1. The number of rotatable bonds is 5. The summed E-state index contributed by atoms with van der Waals surface area (Å²) in [6, 6.07) is 1.98.